The van der Waals surface area contributed by atoms with Crippen molar-refractivity contribution in [1.29, 1.82) is 0 Å². The summed E-state index contributed by atoms with van der Waals surface area (Å²) < 4.78 is 0.837. The number of carbonyl (C=O) groups excluding carboxylic acids is 1. The molecule has 0 aliphatic carbocycles. The van der Waals surface area contributed by atoms with E-state index in [-0.39, 0.29) is 5.91 Å². The molecule has 2 aliphatic heterocycles. The Morgan fingerprint density at radius 1 is 1.30 bits per heavy atom. The fourth-order valence-corrected chi connectivity index (χ4v) is 3.60. The molecule has 108 valence electrons. The zero-order chi connectivity index (χ0) is 14.3. The van der Waals surface area contributed by atoms with Crippen molar-refractivity contribution in [2.75, 3.05) is 25.9 Å². The van der Waals surface area contributed by atoms with Crippen LogP contribution in [0.15, 0.2) is 22.7 Å². The number of hydrogen-bond donors (Lipinski definition) is 1. The first-order chi connectivity index (χ1) is 9.56. The van der Waals surface area contributed by atoms with Crippen molar-refractivity contribution in [3.05, 3.63) is 28.2 Å². The third-order valence-corrected chi connectivity index (χ3v) is 5.40. The molecule has 5 heteroatoms. The lowest BCUT2D eigenvalue weighted by Gasteiger charge is -2.26. The molecular formula is C15H20BrN3O. The third-order valence-electron chi connectivity index (χ3n) is 4.68. The first-order valence-electron chi connectivity index (χ1n) is 7.12. The fourth-order valence-electron chi connectivity index (χ4n) is 3.35. The molecule has 0 spiro atoms. The van der Waals surface area contributed by atoms with Crippen molar-refractivity contribution in [1.82, 2.24) is 9.80 Å². The van der Waals surface area contributed by atoms with E-state index >= 15 is 0 Å². The first-order valence-corrected chi connectivity index (χ1v) is 7.92. The summed E-state index contributed by atoms with van der Waals surface area (Å²) in [5, 5.41) is 0. The van der Waals surface area contributed by atoms with Crippen LogP contribution in [0.4, 0.5) is 5.69 Å². The van der Waals surface area contributed by atoms with Gasteiger partial charge in [-0.05, 0) is 60.4 Å². The van der Waals surface area contributed by atoms with Gasteiger partial charge in [-0.15, -0.1) is 0 Å². The van der Waals surface area contributed by atoms with E-state index in [2.05, 4.69) is 27.9 Å². The van der Waals surface area contributed by atoms with Crippen molar-refractivity contribution < 1.29 is 4.79 Å². The van der Waals surface area contributed by atoms with Crippen LogP contribution in [0.1, 0.15) is 29.6 Å². The highest BCUT2D eigenvalue weighted by atomic mass is 79.9. The normalized spacial score (nSPS) is 26.6. The van der Waals surface area contributed by atoms with Crippen LogP contribution < -0.4 is 5.73 Å². The van der Waals surface area contributed by atoms with E-state index < -0.39 is 0 Å². The average molecular weight is 338 g/mol. The monoisotopic (exact) mass is 337 g/mol. The number of amides is 1. The van der Waals surface area contributed by atoms with E-state index in [0.29, 0.717) is 23.3 Å². The molecule has 20 heavy (non-hydrogen) atoms. The van der Waals surface area contributed by atoms with E-state index in [0.717, 1.165) is 24.0 Å². The van der Waals surface area contributed by atoms with Gasteiger partial charge in [-0.1, -0.05) is 0 Å². The topological polar surface area (TPSA) is 49.6 Å². The smallest absolute Gasteiger partial charge is 0.253 e. The maximum atomic E-state index is 12.6. The van der Waals surface area contributed by atoms with E-state index in [1.807, 2.05) is 17.0 Å². The van der Waals surface area contributed by atoms with E-state index in [9.17, 15) is 4.79 Å². The van der Waals surface area contributed by atoms with Gasteiger partial charge in [-0.25, -0.2) is 0 Å². The molecule has 2 heterocycles. The van der Waals surface area contributed by atoms with Gasteiger partial charge in [0.15, 0.2) is 0 Å². The molecule has 0 aromatic heterocycles. The van der Waals surface area contributed by atoms with Crippen molar-refractivity contribution in [3.8, 4) is 0 Å². The molecule has 2 unspecified atom stereocenters. The first kappa shape index (κ1) is 13.9. The number of nitrogens with two attached hydrogens (primary N) is 1. The minimum absolute atomic E-state index is 0.102. The van der Waals surface area contributed by atoms with Gasteiger partial charge in [-0.2, -0.15) is 0 Å². The second-order valence-electron chi connectivity index (χ2n) is 5.83. The quantitative estimate of drug-likeness (QED) is 0.800. The zero-order valence-electron chi connectivity index (χ0n) is 11.7. The zero-order valence-corrected chi connectivity index (χ0v) is 13.3. The maximum absolute atomic E-state index is 12.6. The van der Waals surface area contributed by atoms with Gasteiger partial charge in [0.1, 0.15) is 0 Å². The summed E-state index contributed by atoms with van der Waals surface area (Å²) >= 11 is 3.36. The Bertz CT molecular complexity index is 534. The molecule has 1 amide bonds. The lowest BCUT2D eigenvalue weighted by Crippen LogP contribution is -2.39. The van der Waals surface area contributed by atoms with E-state index in [1.54, 1.807) is 6.07 Å². The summed E-state index contributed by atoms with van der Waals surface area (Å²) in [7, 11) is 2.19. The number of anilines is 1. The summed E-state index contributed by atoms with van der Waals surface area (Å²) in [6.45, 7) is 1.68. The van der Waals surface area contributed by atoms with Crippen molar-refractivity contribution in [2.45, 2.75) is 31.3 Å². The van der Waals surface area contributed by atoms with E-state index in [4.69, 9.17) is 5.73 Å². The average Bonchev–Trinajstić information content (AvgIpc) is 2.66. The van der Waals surface area contributed by atoms with Crippen molar-refractivity contribution in [3.63, 3.8) is 0 Å². The largest absolute Gasteiger partial charge is 0.398 e. The summed E-state index contributed by atoms with van der Waals surface area (Å²) in [6, 6.07) is 6.61. The van der Waals surface area contributed by atoms with E-state index in [1.165, 1.54) is 12.8 Å². The number of halogens is 1. The lowest BCUT2D eigenvalue weighted by atomic mass is 10.1. The van der Waals surface area contributed by atoms with Gasteiger partial charge in [0, 0.05) is 40.9 Å². The Hall–Kier alpha value is -1.07. The minimum atomic E-state index is 0.102. The molecule has 2 atom stereocenters. The standard InChI is InChI=1S/C15H20BrN3O/c1-18-11-3-4-12(18)9-19(7-6-11)15(20)10-2-5-13(16)14(17)8-10/h2,5,8,11-12H,3-4,6-7,9,17H2,1H3. The second-order valence-corrected chi connectivity index (χ2v) is 6.68. The number of benzene rings is 1. The summed E-state index contributed by atoms with van der Waals surface area (Å²) in [6.07, 6.45) is 3.55. The van der Waals surface area contributed by atoms with Crippen LogP contribution in [0.3, 0.4) is 0 Å². The van der Waals surface area contributed by atoms with Crippen LogP contribution in [0, 0.1) is 0 Å². The molecular weight excluding hydrogens is 318 g/mol. The highest BCUT2D eigenvalue weighted by molar-refractivity contribution is 9.10. The van der Waals surface area contributed by atoms with Crippen LogP contribution in [0.5, 0.6) is 0 Å². The number of likely N-dealkylation sites (tertiary alicyclic amines) is 1. The predicted molar refractivity (Wildman–Crippen MR) is 83.6 cm³/mol. The molecule has 2 saturated heterocycles. The lowest BCUT2D eigenvalue weighted by molar-refractivity contribution is 0.0740. The Morgan fingerprint density at radius 2 is 2.05 bits per heavy atom. The van der Waals surface area contributed by atoms with Gasteiger partial charge in [0.25, 0.3) is 5.91 Å². The number of nitrogens with zero attached hydrogens (tertiary/aromatic N) is 2. The highest BCUT2D eigenvalue weighted by Crippen LogP contribution is 2.29. The molecule has 2 N–H and O–H groups in total. The van der Waals surface area contributed by atoms with Gasteiger partial charge in [-0.3, -0.25) is 9.69 Å². The molecule has 0 radical (unpaired) electrons. The van der Waals surface area contributed by atoms with Crippen LogP contribution in [0.25, 0.3) is 0 Å². The van der Waals surface area contributed by atoms with Gasteiger partial charge < -0.3 is 10.6 Å². The summed E-state index contributed by atoms with van der Waals surface area (Å²) in [5.74, 6) is 0.102. The Morgan fingerprint density at radius 3 is 2.80 bits per heavy atom. The molecule has 3 rings (SSSR count). The second kappa shape index (κ2) is 5.37. The molecule has 0 saturated carbocycles. The van der Waals surface area contributed by atoms with Crippen LogP contribution >= 0.6 is 15.9 Å². The molecule has 2 bridgehead atoms. The third kappa shape index (κ3) is 2.44. The summed E-state index contributed by atoms with van der Waals surface area (Å²) in [4.78, 5) is 17.1. The number of fused-ring (bicyclic) bond motifs is 2. The SMILES string of the molecule is CN1C2CCC1CN(C(=O)c1ccc(Br)c(N)c1)CC2. The van der Waals surface area contributed by atoms with Gasteiger partial charge >= 0.3 is 0 Å². The molecule has 2 fully saturated rings. The molecule has 2 aliphatic rings. The van der Waals surface area contributed by atoms with Crippen LogP contribution in [-0.4, -0.2) is 47.9 Å². The highest BCUT2D eigenvalue weighted by Gasteiger charge is 2.36. The van der Waals surface area contributed by atoms with Crippen molar-refractivity contribution >= 4 is 27.5 Å². The maximum Gasteiger partial charge on any atom is 0.253 e. The Labute approximate surface area is 128 Å². The van der Waals surface area contributed by atoms with Crippen LogP contribution in [-0.2, 0) is 0 Å². The Kier molecular flexibility index (Phi) is 3.73. The molecule has 1 aromatic rings. The number of hydrogen-bond acceptors (Lipinski definition) is 3. The minimum Gasteiger partial charge on any atom is -0.398 e. The fraction of sp³-hybridized carbons (Fsp3) is 0.533. The van der Waals surface area contributed by atoms with Crippen LogP contribution in [0.2, 0.25) is 0 Å². The molecule has 1 aromatic carbocycles. The predicted octanol–water partition coefficient (Wildman–Crippen LogP) is 2.34. The number of rotatable bonds is 1. The van der Waals surface area contributed by atoms with Gasteiger partial charge in [0.05, 0.1) is 0 Å². The Balaban J connectivity index is 1.78. The number of nitrogen functional groups attached to an aromatic ring is 1. The molecule has 4 nitrogen and oxygen atoms in total. The summed E-state index contributed by atoms with van der Waals surface area (Å²) in [5.41, 5.74) is 7.18. The van der Waals surface area contributed by atoms with Gasteiger partial charge in [0.2, 0.25) is 0 Å². The van der Waals surface area contributed by atoms with Crippen molar-refractivity contribution in [2.24, 2.45) is 0 Å². The number of likely N-dealkylation sites (N-methyl/N-ethyl adjacent to an activating group) is 1. The number of carbonyl (C=O) groups is 1.